The molecular formula is C16H23NO3. The zero-order valence-corrected chi connectivity index (χ0v) is 12.5. The Balaban J connectivity index is 2.16. The Morgan fingerprint density at radius 1 is 1.35 bits per heavy atom. The number of carbonyl (C=O) groups is 1. The minimum atomic E-state index is -0.761. The summed E-state index contributed by atoms with van der Waals surface area (Å²) in [7, 11) is 0. The molecule has 1 unspecified atom stereocenters. The summed E-state index contributed by atoms with van der Waals surface area (Å²) in [5, 5.41) is 9.01. The first kappa shape index (κ1) is 15.0. The average molecular weight is 277 g/mol. The second-order valence-electron chi connectivity index (χ2n) is 5.67. The van der Waals surface area contributed by atoms with Crippen LogP contribution < -0.4 is 0 Å². The number of ether oxygens (including phenoxy) is 1. The monoisotopic (exact) mass is 277 g/mol. The van der Waals surface area contributed by atoms with E-state index in [0.29, 0.717) is 13.2 Å². The van der Waals surface area contributed by atoms with Crippen LogP contribution in [0.25, 0.3) is 0 Å². The van der Waals surface area contributed by atoms with Gasteiger partial charge in [0.1, 0.15) is 0 Å². The van der Waals surface area contributed by atoms with Crippen LogP contribution in [0.5, 0.6) is 0 Å². The zero-order chi connectivity index (χ0) is 14.7. The third-order valence-corrected chi connectivity index (χ3v) is 3.96. The van der Waals surface area contributed by atoms with Gasteiger partial charge in [0, 0.05) is 19.1 Å². The van der Waals surface area contributed by atoms with Crippen molar-refractivity contribution < 1.29 is 14.6 Å². The van der Waals surface area contributed by atoms with E-state index in [2.05, 4.69) is 37.8 Å². The van der Waals surface area contributed by atoms with Crippen LogP contribution in [0.15, 0.2) is 12.1 Å². The smallest absolute Gasteiger partial charge is 0.305 e. The molecule has 110 valence electrons. The number of carboxylic acids is 1. The van der Waals surface area contributed by atoms with Crippen LogP contribution in [0.2, 0.25) is 0 Å². The number of hydrogen-bond donors (Lipinski definition) is 1. The molecule has 0 saturated carbocycles. The van der Waals surface area contributed by atoms with Gasteiger partial charge in [0.15, 0.2) is 0 Å². The predicted molar refractivity (Wildman–Crippen MR) is 77.9 cm³/mol. The first-order valence-corrected chi connectivity index (χ1v) is 7.07. The van der Waals surface area contributed by atoms with Crippen LogP contribution in [0.3, 0.4) is 0 Å². The van der Waals surface area contributed by atoms with Crippen molar-refractivity contribution in [3.63, 3.8) is 0 Å². The summed E-state index contributed by atoms with van der Waals surface area (Å²) in [4.78, 5) is 13.2. The lowest BCUT2D eigenvalue weighted by Gasteiger charge is -2.35. The Morgan fingerprint density at radius 3 is 2.60 bits per heavy atom. The van der Waals surface area contributed by atoms with Crippen molar-refractivity contribution >= 4 is 5.97 Å². The van der Waals surface area contributed by atoms with Gasteiger partial charge in [-0.1, -0.05) is 17.7 Å². The summed E-state index contributed by atoms with van der Waals surface area (Å²) in [6, 6.07) is 4.35. The van der Waals surface area contributed by atoms with E-state index in [0.717, 1.165) is 13.1 Å². The number of nitrogens with zero attached hydrogens (tertiary/aromatic N) is 1. The molecule has 1 atom stereocenters. The number of carboxylic acid groups (broad SMARTS) is 1. The third-order valence-electron chi connectivity index (χ3n) is 3.96. The highest BCUT2D eigenvalue weighted by Gasteiger charge is 2.26. The highest BCUT2D eigenvalue weighted by atomic mass is 16.5. The van der Waals surface area contributed by atoms with Crippen molar-refractivity contribution in [2.75, 3.05) is 19.8 Å². The molecule has 1 aliphatic rings. The van der Waals surface area contributed by atoms with Gasteiger partial charge in [0.05, 0.1) is 19.6 Å². The normalized spacial score (nSPS) is 20.1. The van der Waals surface area contributed by atoms with E-state index >= 15 is 0 Å². The minimum Gasteiger partial charge on any atom is -0.481 e. The van der Waals surface area contributed by atoms with Gasteiger partial charge in [-0.3, -0.25) is 9.69 Å². The molecule has 0 aromatic heterocycles. The summed E-state index contributed by atoms with van der Waals surface area (Å²) in [6.45, 7) is 9.15. The van der Waals surface area contributed by atoms with E-state index in [1.807, 2.05) is 0 Å². The molecule has 0 spiro atoms. The van der Waals surface area contributed by atoms with Gasteiger partial charge in [-0.25, -0.2) is 0 Å². The molecule has 20 heavy (non-hydrogen) atoms. The lowest BCUT2D eigenvalue weighted by molar-refractivity contribution is -0.140. The summed E-state index contributed by atoms with van der Waals surface area (Å²) in [5.74, 6) is -0.761. The number of hydrogen-bond acceptors (Lipinski definition) is 3. The maximum Gasteiger partial charge on any atom is 0.305 e. The van der Waals surface area contributed by atoms with Crippen molar-refractivity contribution in [1.29, 1.82) is 0 Å². The molecule has 1 fully saturated rings. The van der Waals surface area contributed by atoms with Crippen LogP contribution in [0.1, 0.15) is 28.7 Å². The minimum absolute atomic E-state index is 0.0265. The second kappa shape index (κ2) is 6.37. The van der Waals surface area contributed by atoms with Crippen molar-refractivity contribution in [2.24, 2.45) is 0 Å². The van der Waals surface area contributed by atoms with E-state index in [4.69, 9.17) is 9.84 Å². The molecule has 4 heteroatoms. The van der Waals surface area contributed by atoms with E-state index in [-0.39, 0.29) is 12.5 Å². The summed E-state index contributed by atoms with van der Waals surface area (Å²) in [6.07, 6.45) is 0.143. The number of rotatable bonds is 4. The molecule has 1 aromatic rings. The van der Waals surface area contributed by atoms with Crippen molar-refractivity contribution in [3.05, 3.63) is 34.4 Å². The predicted octanol–water partition coefficient (Wildman–Crippen LogP) is 2.29. The van der Waals surface area contributed by atoms with Crippen molar-refractivity contribution in [2.45, 2.75) is 39.8 Å². The molecule has 1 aromatic carbocycles. The molecule has 1 saturated heterocycles. The van der Waals surface area contributed by atoms with Gasteiger partial charge < -0.3 is 9.84 Å². The van der Waals surface area contributed by atoms with Crippen molar-refractivity contribution in [1.82, 2.24) is 4.90 Å². The largest absolute Gasteiger partial charge is 0.481 e. The molecular weight excluding hydrogens is 254 g/mol. The second-order valence-corrected chi connectivity index (χ2v) is 5.67. The maximum absolute atomic E-state index is 11.0. The summed E-state index contributed by atoms with van der Waals surface area (Å²) in [5.41, 5.74) is 5.15. The van der Waals surface area contributed by atoms with E-state index in [9.17, 15) is 4.79 Å². The number of aryl methyl sites for hydroxylation is 3. The Labute approximate surface area is 120 Å². The van der Waals surface area contributed by atoms with Crippen LogP contribution in [-0.2, 0) is 16.1 Å². The fourth-order valence-corrected chi connectivity index (χ4v) is 2.95. The average Bonchev–Trinajstić information content (AvgIpc) is 2.34. The van der Waals surface area contributed by atoms with Gasteiger partial charge in [0.2, 0.25) is 0 Å². The number of benzene rings is 1. The lowest BCUT2D eigenvalue weighted by Crippen LogP contribution is -2.46. The Morgan fingerprint density at radius 2 is 2.00 bits per heavy atom. The first-order valence-electron chi connectivity index (χ1n) is 7.07. The highest BCUT2D eigenvalue weighted by molar-refractivity contribution is 5.67. The first-order chi connectivity index (χ1) is 9.47. The van der Waals surface area contributed by atoms with E-state index in [1.165, 1.54) is 22.3 Å². The zero-order valence-electron chi connectivity index (χ0n) is 12.5. The molecule has 1 aliphatic heterocycles. The number of aliphatic carboxylic acids is 1. The van der Waals surface area contributed by atoms with Gasteiger partial charge in [-0.2, -0.15) is 0 Å². The molecule has 0 bridgehead atoms. The molecule has 4 nitrogen and oxygen atoms in total. The standard InChI is InChI=1S/C16H23NO3/c1-11-6-12(2)15(13(3)7-11)9-17-4-5-20-10-14(17)8-16(18)19/h6-7,14H,4-5,8-10H2,1-3H3,(H,18,19). The van der Waals surface area contributed by atoms with Crippen molar-refractivity contribution in [3.8, 4) is 0 Å². The van der Waals surface area contributed by atoms with Crippen LogP contribution in [-0.4, -0.2) is 41.8 Å². The topological polar surface area (TPSA) is 49.8 Å². The van der Waals surface area contributed by atoms with Crippen LogP contribution >= 0.6 is 0 Å². The van der Waals surface area contributed by atoms with E-state index in [1.54, 1.807) is 0 Å². The summed E-state index contributed by atoms with van der Waals surface area (Å²) < 4.78 is 5.43. The van der Waals surface area contributed by atoms with Gasteiger partial charge in [0.25, 0.3) is 0 Å². The molecule has 0 radical (unpaired) electrons. The molecule has 1 N–H and O–H groups in total. The molecule has 0 aliphatic carbocycles. The lowest BCUT2D eigenvalue weighted by atomic mass is 9.98. The molecule has 2 rings (SSSR count). The third kappa shape index (κ3) is 3.58. The molecule has 1 heterocycles. The molecule has 0 amide bonds. The van der Waals surface area contributed by atoms with Gasteiger partial charge in [-0.15, -0.1) is 0 Å². The number of morpholine rings is 1. The fourth-order valence-electron chi connectivity index (χ4n) is 2.95. The summed E-state index contributed by atoms with van der Waals surface area (Å²) >= 11 is 0. The Hall–Kier alpha value is -1.39. The van der Waals surface area contributed by atoms with Crippen LogP contribution in [0.4, 0.5) is 0 Å². The van der Waals surface area contributed by atoms with Crippen LogP contribution in [0, 0.1) is 20.8 Å². The van der Waals surface area contributed by atoms with Gasteiger partial charge >= 0.3 is 5.97 Å². The SMILES string of the molecule is Cc1cc(C)c(CN2CCOCC2CC(=O)O)c(C)c1. The highest BCUT2D eigenvalue weighted by Crippen LogP contribution is 2.21. The Kier molecular flexibility index (Phi) is 4.78. The van der Waals surface area contributed by atoms with E-state index < -0.39 is 5.97 Å². The fraction of sp³-hybridized carbons (Fsp3) is 0.562. The van der Waals surface area contributed by atoms with Gasteiger partial charge in [-0.05, 0) is 37.5 Å². The quantitative estimate of drug-likeness (QED) is 0.917. The Bertz CT molecular complexity index is 475. The maximum atomic E-state index is 11.0.